The van der Waals surface area contributed by atoms with Gasteiger partial charge >= 0.3 is 0 Å². The molecule has 4 nitrogen and oxygen atoms in total. The molecule has 1 heterocycles. The Morgan fingerprint density at radius 2 is 1.63 bits per heavy atom. The third-order valence-corrected chi connectivity index (χ3v) is 7.07. The summed E-state index contributed by atoms with van der Waals surface area (Å²) in [5.74, 6) is 1.03. The average molecular weight is 536 g/mol. The van der Waals surface area contributed by atoms with Crippen molar-refractivity contribution in [1.82, 2.24) is 4.57 Å². The molecule has 0 saturated carbocycles. The van der Waals surface area contributed by atoms with Crippen LogP contribution in [0.15, 0.2) is 103 Å². The first-order chi connectivity index (χ1) is 18.5. The summed E-state index contributed by atoms with van der Waals surface area (Å²) in [5, 5.41) is 2.72. The molecule has 0 saturated heterocycles. The highest BCUT2D eigenvalue weighted by atomic mass is 35.5. The van der Waals surface area contributed by atoms with Crippen molar-refractivity contribution in [2.75, 3.05) is 0 Å². The standard InChI is InChI=1S/C32H21Cl2N2O2/c33-22-13-15-25(28(34)18-22)21-12-14-26-30(17-21)36(29-11-5-10-27(31(26)29)32(35)37)19-20-6-4-9-24(16-20)38-23-7-2-1-3-8-23/h1-13,15-18H,19H2,(H2,35,37). The summed E-state index contributed by atoms with van der Waals surface area (Å²) in [5.41, 5.74) is 10.8. The molecule has 6 aromatic rings. The highest BCUT2D eigenvalue weighted by Crippen LogP contribution is 2.37. The number of carbonyl (C=O) groups is 1. The van der Waals surface area contributed by atoms with Gasteiger partial charge in [0, 0.05) is 38.5 Å². The van der Waals surface area contributed by atoms with Gasteiger partial charge in [-0.15, -0.1) is 0 Å². The number of para-hydroxylation sites is 1. The van der Waals surface area contributed by atoms with Crippen molar-refractivity contribution >= 4 is 50.9 Å². The van der Waals surface area contributed by atoms with Gasteiger partial charge in [0.15, 0.2) is 0 Å². The van der Waals surface area contributed by atoms with Gasteiger partial charge in [-0.25, -0.2) is 0 Å². The Kier molecular flexibility index (Phi) is 6.28. The zero-order chi connectivity index (χ0) is 26.2. The number of fused-ring (bicyclic) bond motifs is 3. The summed E-state index contributed by atoms with van der Waals surface area (Å²) in [6.45, 7) is 0.542. The van der Waals surface area contributed by atoms with Crippen LogP contribution < -0.4 is 10.5 Å². The van der Waals surface area contributed by atoms with Crippen LogP contribution in [0.5, 0.6) is 11.5 Å². The number of rotatable bonds is 6. The van der Waals surface area contributed by atoms with E-state index >= 15 is 0 Å². The zero-order valence-electron chi connectivity index (χ0n) is 20.1. The molecule has 5 aromatic carbocycles. The van der Waals surface area contributed by atoms with Gasteiger partial charge in [0.2, 0.25) is 5.91 Å². The molecular formula is C32H21Cl2N2O2. The molecule has 2 N–H and O–H groups in total. The fraction of sp³-hybridized carbons (Fsp3) is 0.0312. The maximum Gasteiger partial charge on any atom is 0.249 e. The Labute approximate surface area is 229 Å². The van der Waals surface area contributed by atoms with E-state index in [-0.39, 0.29) is 0 Å². The molecule has 0 bridgehead atoms. The minimum Gasteiger partial charge on any atom is -0.457 e. The van der Waals surface area contributed by atoms with E-state index in [1.165, 1.54) is 0 Å². The topological polar surface area (TPSA) is 57.2 Å². The number of ether oxygens (including phenoxy) is 1. The van der Waals surface area contributed by atoms with Gasteiger partial charge in [0.1, 0.15) is 11.5 Å². The van der Waals surface area contributed by atoms with Crippen molar-refractivity contribution in [2.45, 2.75) is 6.54 Å². The fourth-order valence-electron chi connectivity index (χ4n) is 4.82. The van der Waals surface area contributed by atoms with Crippen LogP contribution in [0.4, 0.5) is 0 Å². The number of benzene rings is 5. The fourth-order valence-corrected chi connectivity index (χ4v) is 5.34. The number of primary amides is 1. The lowest BCUT2D eigenvalue weighted by molar-refractivity contribution is 0.100. The molecular weight excluding hydrogens is 515 g/mol. The van der Waals surface area contributed by atoms with E-state index in [1.807, 2.05) is 78.9 Å². The average Bonchev–Trinajstić information content (AvgIpc) is 3.22. The van der Waals surface area contributed by atoms with Gasteiger partial charge < -0.3 is 15.0 Å². The molecule has 1 radical (unpaired) electrons. The molecule has 0 unspecified atom stereocenters. The quantitative estimate of drug-likeness (QED) is 0.232. The number of hydrogen-bond acceptors (Lipinski definition) is 2. The molecule has 1 amide bonds. The summed E-state index contributed by atoms with van der Waals surface area (Å²) in [7, 11) is 0. The van der Waals surface area contributed by atoms with Crippen LogP contribution in [0, 0.1) is 6.07 Å². The minimum atomic E-state index is -0.480. The smallest absolute Gasteiger partial charge is 0.249 e. The predicted molar refractivity (Wildman–Crippen MR) is 154 cm³/mol. The van der Waals surface area contributed by atoms with Crippen molar-refractivity contribution in [3.63, 3.8) is 0 Å². The van der Waals surface area contributed by atoms with E-state index in [1.54, 1.807) is 12.1 Å². The summed E-state index contributed by atoms with van der Waals surface area (Å²) >= 11 is 12.7. The lowest BCUT2D eigenvalue weighted by atomic mass is 10.0. The third-order valence-electron chi connectivity index (χ3n) is 6.52. The maximum absolute atomic E-state index is 12.4. The van der Waals surface area contributed by atoms with Crippen LogP contribution in [-0.4, -0.2) is 10.5 Å². The number of carbonyl (C=O) groups excluding carboxylic acids is 1. The van der Waals surface area contributed by atoms with Crippen molar-refractivity contribution in [3.05, 3.63) is 130 Å². The molecule has 185 valence electrons. The Hall–Kier alpha value is -4.25. The van der Waals surface area contributed by atoms with Crippen molar-refractivity contribution in [3.8, 4) is 22.6 Å². The third kappa shape index (κ3) is 4.49. The number of nitrogens with zero attached hydrogens (tertiary/aromatic N) is 1. The Bertz CT molecular complexity index is 1830. The van der Waals surface area contributed by atoms with Crippen LogP contribution in [0.25, 0.3) is 32.9 Å². The summed E-state index contributed by atoms with van der Waals surface area (Å²) in [4.78, 5) is 12.4. The lowest BCUT2D eigenvalue weighted by Crippen LogP contribution is -2.11. The first-order valence-electron chi connectivity index (χ1n) is 12.0. The highest BCUT2D eigenvalue weighted by Gasteiger charge is 2.18. The van der Waals surface area contributed by atoms with Gasteiger partial charge in [-0.05, 0) is 77.9 Å². The van der Waals surface area contributed by atoms with Crippen LogP contribution in [0.1, 0.15) is 15.9 Å². The van der Waals surface area contributed by atoms with E-state index < -0.39 is 5.91 Å². The van der Waals surface area contributed by atoms with Crippen LogP contribution in [0.2, 0.25) is 10.0 Å². The van der Waals surface area contributed by atoms with Gasteiger partial charge in [0.25, 0.3) is 0 Å². The van der Waals surface area contributed by atoms with Crippen molar-refractivity contribution in [1.29, 1.82) is 0 Å². The summed E-state index contributed by atoms with van der Waals surface area (Å²) < 4.78 is 8.23. The second kappa shape index (κ2) is 9.90. The number of aromatic nitrogens is 1. The molecule has 38 heavy (non-hydrogen) atoms. The Morgan fingerprint density at radius 3 is 2.42 bits per heavy atom. The number of amides is 1. The number of halogens is 2. The van der Waals surface area contributed by atoms with Gasteiger partial charge in [-0.1, -0.05) is 65.7 Å². The monoisotopic (exact) mass is 535 g/mol. The summed E-state index contributed by atoms with van der Waals surface area (Å²) in [6, 6.07) is 36.0. The molecule has 0 aliphatic heterocycles. The van der Waals surface area contributed by atoms with Crippen molar-refractivity contribution < 1.29 is 9.53 Å². The molecule has 1 aromatic heterocycles. The minimum absolute atomic E-state index is 0.459. The van der Waals surface area contributed by atoms with Crippen LogP contribution >= 0.6 is 23.2 Å². The Balaban J connectivity index is 1.51. The van der Waals surface area contributed by atoms with Crippen molar-refractivity contribution in [2.24, 2.45) is 5.73 Å². The van der Waals surface area contributed by atoms with E-state index in [0.29, 0.717) is 22.2 Å². The predicted octanol–water partition coefficient (Wildman–Crippen LogP) is 8.51. The van der Waals surface area contributed by atoms with E-state index in [2.05, 4.69) is 22.8 Å². The normalized spacial score (nSPS) is 11.2. The molecule has 6 rings (SSSR count). The second-order valence-corrected chi connectivity index (χ2v) is 9.83. The summed E-state index contributed by atoms with van der Waals surface area (Å²) in [6.07, 6.45) is 0. The molecule has 6 heteroatoms. The molecule has 0 fully saturated rings. The molecule has 0 spiro atoms. The first kappa shape index (κ1) is 24.1. The maximum atomic E-state index is 12.4. The number of hydrogen-bond donors (Lipinski definition) is 1. The van der Waals surface area contributed by atoms with Gasteiger partial charge in [-0.3, -0.25) is 4.79 Å². The van der Waals surface area contributed by atoms with Gasteiger partial charge in [0.05, 0.1) is 11.0 Å². The number of nitrogens with two attached hydrogens (primary N) is 1. The van der Waals surface area contributed by atoms with Crippen LogP contribution in [0.3, 0.4) is 0 Å². The van der Waals surface area contributed by atoms with E-state index in [0.717, 1.165) is 50.0 Å². The molecule has 0 aliphatic carbocycles. The molecule has 0 aliphatic rings. The SMILES string of the molecule is NC(=O)c1cccc2c1c1[c]cc(-c3ccc(Cl)cc3Cl)cc1n2Cc1cccc(Oc2ccccc2)c1. The Morgan fingerprint density at radius 1 is 0.842 bits per heavy atom. The lowest BCUT2D eigenvalue weighted by Gasteiger charge is -2.12. The van der Waals surface area contributed by atoms with Gasteiger partial charge in [-0.2, -0.15) is 0 Å². The van der Waals surface area contributed by atoms with E-state index in [9.17, 15) is 4.79 Å². The zero-order valence-corrected chi connectivity index (χ0v) is 21.6. The highest BCUT2D eigenvalue weighted by molar-refractivity contribution is 6.36. The first-order valence-corrected chi connectivity index (χ1v) is 12.8. The molecule has 0 atom stereocenters. The van der Waals surface area contributed by atoms with Crippen LogP contribution in [-0.2, 0) is 6.54 Å². The second-order valence-electron chi connectivity index (χ2n) is 8.99. The van der Waals surface area contributed by atoms with E-state index in [4.69, 9.17) is 33.7 Å². The largest absolute Gasteiger partial charge is 0.457 e.